The van der Waals surface area contributed by atoms with E-state index in [1.165, 1.54) is 0 Å². The van der Waals surface area contributed by atoms with E-state index in [1.54, 1.807) is 63.2 Å². The van der Waals surface area contributed by atoms with E-state index < -0.39 is 35.9 Å². The van der Waals surface area contributed by atoms with Crippen LogP contribution in [0.25, 0.3) is 0 Å². The first-order valence-electron chi connectivity index (χ1n) is 10.1. The molecular weight excluding hydrogens is 457 g/mol. The summed E-state index contributed by atoms with van der Waals surface area (Å²) < 4.78 is 16.9. The Labute approximate surface area is 196 Å². The van der Waals surface area contributed by atoms with Gasteiger partial charge in [-0.2, -0.15) is 0 Å². The SMILES string of the molecule is C[C@@H]1OC(C)(C)O[C@H]1C(=O)N[C@@H](Cc1ccc(OCc2c(Cl)cccc2Cl)cc1)C(=O)O. The number of nitrogens with one attached hydrogen (secondary N) is 1. The van der Waals surface area contributed by atoms with E-state index in [9.17, 15) is 14.7 Å². The van der Waals surface area contributed by atoms with Crippen molar-refractivity contribution in [2.75, 3.05) is 0 Å². The molecule has 1 saturated heterocycles. The quantitative estimate of drug-likeness (QED) is 0.585. The van der Waals surface area contributed by atoms with Crippen LogP contribution < -0.4 is 10.1 Å². The standard InChI is InChI=1S/C23H25Cl2NO6/c1-13-20(32-23(2,3)31-13)21(27)26-19(22(28)29)11-14-7-9-15(10-8-14)30-12-16-17(24)5-4-6-18(16)25/h4-10,13,19-20H,11-12H2,1-3H3,(H,26,27)(H,28,29)/t13-,19-,20+/m0/s1. The van der Waals surface area contributed by atoms with E-state index >= 15 is 0 Å². The van der Waals surface area contributed by atoms with Crippen molar-refractivity contribution >= 4 is 35.1 Å². The number of halogens is 2. The van der Waals surface area contributed by atoms with Crippen molar-refractivity contribution in [1.29, 1.82) is 0 Å². The normalized spacial score (nSPS) is 20.5. The Morgan fingerprint density at radius 2 is 1.75 bits per heavy atom. The third-order valence-corrected chi connectivity index (χ3v) is 5.70. The van der Waals surface area contributed by atoms with Gasteiger partial charge in [0.05, 0.1) is 6.10 Å². The van der Waals surface area contributed by atoms with Gasteiger partial charge in [-0.1, -0.05) is 41.4 Å². The Morgan fingerprint density at radius 1 is 1.12 bits per heavy atom. The molecule has 0 bridgehead atoms. The minimum atomic E-state index is -1.14. The van der Waals surface area contributed by atoms with Crippen LogP contribution in [0, 0.1) is 0 Å². The van der Waals surface area contributed by atoms with Gasteiger partial charge in [-0.25, -0.2) is 4.79 Å². The minimum Gasteiger partial charge on any atom is -0.489 e. The molecule has 1 aliphatic heterocycles. The summed E-state index contributed by atoms with van der Waals surface area (Å²) in [6, 6.07) is 11.0. The third kappa shape index (κ3) is 6.13. The van der Waals surface area contributed by atoms with Gasteiger partial charge in [0.2, 0.25) is 0 Å². The summed E-state index contributed by atoms with van der Waals surface area (Å²) in [4.78, 5) is 24.3. The summed E-state index contributed by atoms with van der Waals surface area (Å²) in [7, 11) is 0. The summed E-state index contributed by atoms with van der Waals surface area (Å²) in [5, 5.41) is 13.2. The molecule has 0 spiro atoms. The zero-order valence-electron chi connectivity index (χ0n) is 17.9. The predicted octanol–water partition coefficient (Wildman–Crippen LogP) is 4.22. The number of hydrogen-bond acceptors (Lipinski definition) is 5. The number of rotatable bonds is 8. The summed E-state index contributed by atoms with van der Waals surface area (Å²) >= 11 is 12.3. The molecular formula is C23H25Cl2NO6. The average molecular weight is 482 g/mol. The topological polar surface area (TPSA) is 94.1 Å². The lowest BCUT2D eigenvalue weighted by Gasteiger charge is -2.19. The number of carboxylic acid groups (broad SMARTS) is 1. The third-order valence-electron chi connectivity index (χ3n) is 4.99. The smallest absolute Gasteiger partial charge is 0.326 e. The fourth-order valence-corrected chi connectivity index (χ4v) is 3.95. The maximum Gasteiger partial charge on any atom is 0.326 e. The van der Waals surface area contributed by atoms with E-state index in [2.05, 4.69) is 5.32 Å². The first kappa shape index (κ1) is 24.3. The second-order valence-corrected chi connectivity index (χ2v) is 8.81. The van der Waals surface area contributed by atoms with E-state index in [4.69, 9.17) is 37.4 Å². The van der Waals surface area contributed by atoms with Crippen LogP contribution in [-0.2, 0) is 32.1 Å². The van der Waals surface area contributed by atoms with Crippen molar-refractivity contribution in [2.24, 2.45) is 0 Å². The van der Waals surface area contributed by atoms with Crippen LogP contribution >= 0.6 is 23.2 Å². The second kappa shape index (κ2) is 10.1. The van der Waals surface area contributed by atoms with Gasteiger partial charge in [0.25, 0.3) is 5.91 Å². The van der Waals surface area contributed by atoms with E-state index in [1.807, 2.05) is 0 Å². The van der Waals surface area contributed by atoms with Crippen LogP contribution in [0.2, 0.25) is 10.0 Å². The van der Waals surface area contributed by atoms with Crippen LogP contribution in [0.4, 0.5) is 0 Å². The molecule has 1 fully saturated rings. The molecule has 0 radical (unpaired) electrons. The lowest BCUT2D eigenvalue weighted by molar-refractivity contribution is -0.157. The first-order chi connectivity index (χ1) is 15.1. The molecule has 3 rings (SSSR count). The molecule has 32 heavy (non-hydrogen) atoms. The Morgan fingerprint density at radius 3 is 2.28 bits per heavy atom. The number of carboxylic acids is 1. The van der Waals surface area contributed by atoms with Crippen molar-refractivity contribution in [3.63, 3.8) is 0 Å². The maximum absolute atomic E-state index is 12.6. The highest BCUT2D eigenvalue weighted by Crippen LogP contribution is 2.28. The molecule has 172 valence electrons. The molecule has 9 heteroatoms. The van der Waals surface area contributed by atoms with Crippen LogP contribution in [0.15, 0.2) is 42.5 Å². The van der Waals surface area contributed by atoms with E-state index in [-0.39, 0.29) is 13.0 Å². The maximum atomic E-state index is 12.6. The Hall–Kier alpha value is -2.32. The molecule has 2 aromatic carbocycles. The Kier molecular flexibility index (Phi) is 7.67. The van der Waals surface area contributed by atoms with Crippen LogP contribution in [-0.4, -0.2) is 41.0 Å². The van der Waals surface area contributed by atoms with Gasteiger partial charge in [0.1, 0.15) is 18.4 Å². The van der Waals surface area contributed by atoms with Crippen molar-refractivity contribution < 1.29 is 28.9 Å². The van der Waals surface area contributed by atoms with Crippen LogP contribution in [0.5, 0.6) is 5.75 Å². The van der Waals surface area contributed by atoms with Crippen molar-refractivity contribution in [3.05, 3.63) is 63.6 Å². The number of aliphatic carboxylic acids is 1. The fourth-order valence-electron chi connectivity index (χ4n) is 3.44. The molecule has 0 aromatic heterocycles. The highest BCUT2D eigenvalue weighted by molar-refractivity contribution is 6.35. The molecule has 0 aliphatic carbocycles. The Balaban J connectivity index is 1.59. The minimum absolute atomic E-state index is 0.100. The van der Waals surface area contributed by atoms with Gasteiger partial charge in [-0.3, -0.25) is 4.79 Å². The summed E-state index contributed by atoms with van der Waals surface area (Å²) in [5.41, 5.74) is 1.40. The fraction of sp³-hybridized carbons (Fsp3) is 0.391. The molecule has 0 unspecified atom stereocenters. The summed E-state index contributed by atoms with van der Waals surface area (Å²) in [6.07, 6.45) is -1.26. The number of carbonyl (C=O) groups excluding carboxylic acids is 1. The zero-order chi connectivity index (χ0) is 23.5. The van der Waals surface area contributed by atoms with Crippen molar-refractivity contribution in [1.82, 2.24) is 5.32 Å². The number of amides is 1. The Bertz CT molecular complexity index is 959. The molecule has 1 amide bonds. The molecule has 1 heterocycles. The van der Waals surface area contributed by atoms with E-state index in [0.29, 0.717) is 21.4 Å². The predicted molar refractivity (Wildman–Crippen MR) is 120 cm³/mol. The summed E-state index contributed by atoms with van der Waals surface area (Å²) in [5.74, 6) is -1.98. The van der Waals surface area contributed by atoms with E-state index in [0.717, 1.165) is 5.56 Å². The molecule has 1 aliphatic rings. The van der Waals surface area contributed by atoms with Crippen molar-refractivity contribution in [2.45, 2.75) is 57.8 Å². The summed E-state index contributed by atoms with van der Waals surface area (Å²) in [6.45, 7) is 5.32. The lowest BCUT2D eigenvalue weighted by atomic mass is 10.1. The first-order valence-corrected chi connectivity index (χ1v) is 10.8. The molecule has 0 saturated carbocycles. The number of benzene rings is 2. The highest BCUT2D eigenvalue weighted by atomic mass is 35.5. The molecule has 2 N–H and O–H groups in total. The van der Waals surface area contributed by atoms with Crippen molar-refractivity contribution in [3.8, 4) is 5.75 Å². The van der Waals surface area contributed by atoms with Gasteiger partial charge >= 0.3 is 5.97 Å². The van der Waals surface area contributed by atoms with Gasteiger partial charge in [0, 0.05) is 22.0 Å². The number of carbonyl (C=O) groups is 2. The van der Waals surface area contributed by atoms with Gasteiger partial charge in [0.15, 0.2) is 11.9 Å². The molecule has 7 nitrogen and oxygen atoms in total. The van der Waals surface area contributed by atoms with Gasteiger partial charge in [-0.05, 0) is 50.6 Å². The second-order valence-electron chi connectivity index (χ2n) is 8.00. The highest BCUT2D eigenvalue weighted by Gasteiger charge is 2.43. The molecule has 3 atom stereocenters. The molecule has 2 aromatic rings. The zero-order valence-corrected chi connectivity index (χ0v) is 19.4. The lowest BCUT2D eigenvalue weighted by Crippen LogP contribution is -2.49. The van der Waals surface area contributed by atoms with Crippen LogP contribution in [0.3, 0.4) is 0 Å². The monoisotopic (exact) mass is 481 g/mol. The number of ether oxygens (including phenoxy) is 3. The van der Waals surface area contributed by atoms with Crippen LogP contribution in [0.1, 0.15) is 31.9 Å². The number of hydrogen-bond donors (Lipinski definition) is 2. The average Bonchev–Trinajstić information content (AvgIpc) is 3.00. The van der Waals surface area contributed by atoms with Gasteiger partial charge in [-0.15, -0.1) is 0 Å². The largest absolute Gasteiger partial charge is 0.489 e. The van der Waals surface area contributed by atoms with Gasteiger partial charge < -0.3 is 24.6 Å².